The molecule has 0 spiro atoms. The van der Waals surface area contributed by atoms with Crippen LogP contribution in [0, 0.1) is 11.6 Å². The summed E-state index contributed by atoms with van der Waals surface area (Å²) in [5.74, 6) is -1.09. The Morgan fingerprint density at radius 1 is 0.943 bits per heavy atom. The van der Waals surface area contributed by atoms with E-state index in [2.05, 4.69) is 0 Å². The van der Waals surface area contributed by atoms with Crippen LogP contribution >= 0.6 is 0 Å². The van der Waals surface area contributed by atoms with E-state index in [-0.39, 0.29) is 22.2 Å². The molecular weight excluding hydrogens is 474 g/mol. The highest BCUT2D eigenvalue weighted by atomic mass is 32.2. The standard InChI is InChI=1S/C26H26F2N2O4S/c1-34-17-18-3-10-25(24(28)15-18)29-11-13-30(14-12-29)26(31)23-16-21(35(2,32)33)8-9-22(23)19-4-6-20(27)7-5-19/h3-10,15-16H,11-14,17H2,1-2H3. The molecule has 0 saturated carbocycles. The minimum absolute atomic E-state index is 0.0311. The first-order chi connectivity index (χ1) is 16.7. The molecule has 35 heavy (non-hydrogen) atoms. The predicted molar refractivity (Wildman–Crippen MR) is 130 cm³/mol. The van der Waals surface area contributed by atoms with Crippen LogP contribution in [0.5, 0.6) is 0 Å². The number of piperazine rings is 1. The Balaban J connectivity index is 1.58. The lowest BCUT2D eigenvalue weighted by Gasteiger charge is -2.36. The quantitative estimate of drug-likeness (QED) is 0.509. The van der Waals surface area contributed by atoms with Gasteiger partial charge in [0.25, 0.3) is 5.91 Å². The van der Waals surface area contributed by atoms with Gasteiger partial charge in [-0.05, 0) is 53.1 Å². The van der Waals surface area contributed by atoms with Crippen LogP contribution in [0.1, 0.15) is 15.9 Å². The van der Waals surface area contributed by atoms with Crippen molar-refractivity contribution in [2.45, 2.75) is 11.5 Å². The first kappa shape index (κ1) is 24.8. The number of rotatable bonds is 6. The van der Waals surface area contributed by atoms with Crippen molar-refractivity contribution >= 4 is 21.4 Å². The van der Waals surface area contributed by atoms with Crippen molar-refractivity contribution in [3.63, 3.8) is 0 Å². The molecule has 6 nitrogen and oxygen atoms in total. The van der Waals surface area contributed by atoms with Crippen molar-refractivity contribution in [3.05, 3.63) is 83.4 Å². The van der Waals surface area contributed by atoms with Crippen LogP contribution in [0.3, 0.4) is 0 Å². The molecule has 1 heterocycles. The van der Waals surface area contributed by atoms with E-state index in [1.165, 1.54) is 30.3 Å². The third kappa shape index (κ3) is 5.52. The van der Waals surface area contributed by atoms with E-state index < -0.39 is 15.7 Å². The van der Waals surface area contributed by atoms with Gasteiger partial charge in [-0.15, -0.1) is 0 Å². The first-order valence-electron chi connectivity index (χ1n) is 11.1. The highest BCUT2D eigenvalue weighted by Crippen LogP contribution is 2.29. The molecule has 0 N–H and O–H groups in total. The molecular formula is C26H26F2N2O4S. The Morgan fingerprint density at radius 3 is 2.23 bits per heavy atom. The van der Waals surface area contributed by atoms with Gasteiger partial charge >= 0.3 is 0 Å². The Hall–Kier alpha value is -3.30. The zero-order valence-corrected chi connectivity index (χ0v) is 20.3. The number of amides is 1. The number of hydrogen-bond acceptors (Lipinski definition) is 5. The lowest BCUT2D eigenvalue weighted by Crippen LogP contribution is -2.49. The largest absolute Gasteiger partial charge is 0.380 e. The lowest BCUT2D eigenvalue weighted by atomic mass is 9.98. The molecule has 1 amide bonds. The van der Waals surface area contributed by atoms with Crippen LogP contribution in [0.4, 0.5) is 14.5 Å². The Kier molecular flexibility index (Phi) is 7.18. The fraction of sp³-hybridized carbons (Fsp3) is 0.269. The van der Waals surface area contributed by atoms with Gasteiger partial charge in [-0.25, -0.2) is 17.2 Å². The number of carbonyl (C=O) groups excluding carboxylic acids is 1. The normalized spacial score (nSPS) is 14.3. The van der Waals surface area contributed by atoms with Gasteiger partial charge in [-0.1, -0.05) is 24.3 Å². The lowest BCUT2D eigenvalue weighted by molar-refractivity contribution is 0.0747. The number of hydrogen-bond donors (Lipinski definition) is 0. The first-order valence-corrected chi connectivity index (χ1v) is 13.0. The van der Waals surface area contributed by atoms with Gasteiger partial charge in [0.05, 0.1) is 17.2 Å². The van der Waals surface area contributed by atoms with Crippen molar-refractivity contribution < 1.29 is 26.7 Å². The summed E-state index contributed by atoms with van der Waals surface area (Å²) in [5, 5.41) is 0. The van der Waals surface area contributed by atoms with Crippen molar-refractivity contribution in [1.29, 1.82) is 0 Å². The van der Waals surface area contributed by atoms with Gasteiger partial charge in [-0.3, -0.25) is 4.79 Å². The van der Waals surface area contributed by atoms with Crippen molar-refractivity contribution in [1.82, 2.24) is 4.90 Å². The summed E-state index contributed by atoms with van der Waals surface area (Å²) in [6.45, 7) is 1.84. The van der Waals surface area contributed by atoms with Crippen LogP contribution in [-0.2, 0) is 21.2 Å². The smallest absolute Gasteiger partial charge is 0.254 e. The zero-order chi connectivity index (χ0) is 25.2. The SMILES string of the molecule is COCc1ccc(N2CCN(C(=O)c3cc(S(C)(=O)=O)ccc3-c3ccc(F)cc3)CC2)c(F)c1. The van der Waals surface area contributed by atoms with E-state index in [0.29, 0.717) is 49.6 Å². The molecule has 1 aliphatic heterocycles. The molecule has 184 valence electrons. The van der Waals surface area contributed by atoms with E-state index in [0.717, 1.165) is 11.8 Å². The summed E-state index contributed by atoms with van der Waals surface area (Å²) in [6, 6.07) is 15.0. The molecule has 1 saturated heterocycles. The number of halogens is 2. The second-order valence-corrected chi connectivity index (χ2v) is 10.5. The van der Waals surface area contributed by atoms with Crippen LogP contribution in [0.2, 0.25) is 0 Å². The van der Waals surface area contributed by atoms with Gasteiger partial charge in [0, 0.05) is 45.1 Å². The van der Waals surface area contributed by atoms with E-state index in [1.807, 2.05) is 11.0 Å². The Bertz CT molecular complexity index is 1340. The maximum absolute atomic E-state index is 14.6. The molecule has 0 unspecified atom stereocenters. The van der Waals surface area contributed by atoms with E-state index in [9.17, 15) is 22.0 Å². The third-order valence-corrected chi connectivity index (χ3v) is 7.15. The number of nitrogens with zero attached hydrogens (tertiary/aromatic N) is 2. The summed E-state index contributed by atoms with van der Waals surface area (Å²) in [7, 11) is -1.99. The molecule has 3 aromatic carbocycles. The number of ether oxygens (including phenoxy) is 1. The zero-order valence-electron chi connectivity index (χ0n) is 19.5. The molecule has 0 bridgehead atoms. The molecule has 0 atom stereocenters. The minimum Gasteiger partial charge on any atom is -0.380 e. The van der Waals surface area contributed by atoms with E-state index in [4.69, 9.17) is 4.74 Å². The summed E-state index contributed by atoms with van der Waals surface area (Å²) < 4.78 is 57.4. The highest BCUT2D eigenvalue weighted by Gasteiger charge is 2.26. The van der Waals surface area contributed by atoms with Gasteiger partial charge in [-0.2, -0.15) is 0 Å². The second-order valence-electron chi connectivity index (χ2n) is 8.48. The van der Waals surface area contributed by atoms with Crippen LogP contribution in [0.15, 0.2) is 65.6 Å². The second kappa shape index (κ2) is 10.1. The fourth-order valence-corrected chi connectivity index (χ4v) is 4.84. The number of sulfone groups is 1. The predicted octanol–water partition coefficient (Wildman–Crippen LogP) is 4.14. The van der Waals surface area contributed by atoms with E-state index in [1.54, 1.807) is 36.3 Å². The molecule has 0 aliphatic carbocycles. The molecule has 4 rings (SSSR count). The minimum atomic E-state index is -3.54. The average molecular weight is 501 g/mol. The molecule has 1 aliphatic rings. The third-order valence-electron chi connectivity index (χ3n) is 6.04. The van der Waals surface area contributed by atoms with Crippen molar-refractivity contribution in [2.75, 3.05) is 44.4 Å². The van der Waals surface area contributed by atoms with Gasteiger partial charge in [0.1, 0.15) is 11.6 Å². The summed E-state index contributed by atoms with van der Waals surface area (Å²) >= 11 is 0. The highest BCUT2D eigenvalue weighted by molar-refractivity contribution is 7.90. The molecule has 9 heteroatoms. The monoisotopic (exact) mass is 500 g/mol. The Labute approximate surface area is 203 Å². The molecule has 3 aromatic rings. The fourth-order valence-electron chi connectivity index (χ4n) is 4.20. The van der Waals surface area contributed by atoms with E-state index >= 15 is 0 Å². The number of carbonyl (C=O) groups is 1. The summed E-state index contributed by atoms with van der Waals surface area (Å²) in [6.07, 6.45) is 1.08. The summed E-state index contributed by atoms with van der Waals surface area (Å²) in [4.78, 5) is 17.1. The number of benzene rings is 3. The van der Waals surface area contributed by atoms with Crippen molar-refractivity contribution in [3.8, 4) is 11.1 Å². The topological polar surface area (TPSA) is 66.9 Å². The van der Waals surface area contributed by atoms with Crippen LogP contribution in [-0.4, -0.2) is 58.8 Å². The molecule has 0 aromatic heterocycles. The molecule has 1 fully saturated rings. The summed E-state index contributed by atoms with van der Waals surface area (Å²) in [5.41, 5.74) is 2.55. The van der Waals surface area contributed by atoms with Crippen LogP contribution in [0.25, 0.3) is 11.1 Å². The van der Waals surface area contributed by atoms with Crippen LogP contribution < -0.4 is 4.90 Å². The van der Waals surface area contributed by atoms with Gasteiger partial charge in [0.15, 0.2) is 9.84 Å². The maximum atomic E-state index is 14.6. The van der Waals surface area contributed by atoms with Gasteiger partial charge in [0.2, 0.25) is 0 Å². The molecule has 0 radical (unpaired) electrons. The Morgan fingerprint density at radius 2 is 1.63 bits per heavy atom. The van der Waals surface area contributed by atoms with Gasteiger partial charge < -0.3 is 14.5 Å². The number of methoxy groups -OCH3 is 1. The number of anilines is 1. The van der Waals surface area contributed by atoms with Crippen molar-refractivity contribution in [2.24, 2.45) is 0 Å². The maximum Gasteiger partial charge on any atom is 0.254 e. The average Bonchev–Trinajstić information content (AvgIpc) is 2.84.